The van der Waals surface area contributed by atoms with E-state index in [1.165, 1.54) is 0 Å². The smallest absolute Gasteiger partial charge is 0.250 e. The Morgan fingerprint density at radius 3 is 2.64 bits per heavy atom. The summed E-state index contributed by atoms with van der Waals surface area (Å²) >= 11 is 0. The first-order valence-corrected chi connectivity index (χ1v) is 8.86. The monoisotopic (exact) mass is 332 g/mol. The normalized spacial score (nSPS) is 30.6. The summed E-state index contributed by atoms with van der Waals surface area (Å²) in [4.78, 5) is 29.1. The summed E-state index contributed by atoms with van der Waals surface area (Å²) in [6.45, 7) is 0.746. The predicted octanol–water partition coefficient (Wildman–Crippen LogP) is 2.99. The Kier molecular flexibility index (Phi) is 2.85. The molecule has 3 aliphatic rings. The lowest BCUT2D eigenvalue weighted by molar-refractivity contribution is -0.130. The van der Waals surface area contributed by atoms with Crippen molar-refractivity contribution in [3.8, 4) is 0 Å². The maximum atomic E-state index is 13.7. The number of Topliss-reactive ketones (excluding diaryl/α,β-unsaturated/α-hetero) is 1. The minimum Gasteiger partial charge on any atom is -0.324 e. The average Bonchev–Trinajstić information content (AvgIpc) is 3.10. The first-order valence-electron chi connectivity index (χ1n) is 8.86. The lowest BCUT2D eigenvalue weighted by Gasteiger charge is -2.46. The molecule has 0 saturated carbocycles. The highest BCUT2D eigenvalue weighted by Crippen LogP contribution is 2.61. The largest absolute Gasteiger partial charge is 0.324 e. The molecule has 2 aromatic carbocycles. The van der Waals surface area contributed by atoms with Crippen LogP contribution in [0, 0.1) is 5.41 Å². The minimum atomic E-state index is -0.895. The van der Waals surface area contributed by atoms with Crippen molar-refractivity contribution in [2.45, 2.75) is 24.8 Å². The van der Waals surface area contributed by atoms with Crippen molar-refractivity contribution in [3.63, 3.8) is 0 Å². The van der Waals surface area contributed by atoms with E-state index in [9.17, 15) is 9.59 Å². The second-order valence-electron chi connectivity index (χ2n) is 7.45. The number of nitrogens with zero attached hydrogens (tertiary/aromatic N) is 1. The Hall–Kier alpha value is -2.46. The third-order valence-corrected chi connectivity index (χ3v) is 6.55. The molecule has 2 unspecified atom stereocenters. The van der Waals surface area contributed by atoms with Crippen LogP contribution in [0.3, 0.4) is 0 Å². The molecular weight excluding hydrogens is 312 g/mol. The van der Waals surface area contributed by atoms with Crippen LogP contribution >= 0.6 is 0 Å². The molecular formula is C21H20N2O2. The number of rotatable bonds is 0. The Morgan fingerprint density at radius 1 is 1.00 bits per heavy atom. The lowest BCUT2D eigenvalue weighted by atomic mass is 9.58. The molecule has 1 aliphatic carbocycles. The fourth-order valence-corrected chi connectivity index (χ4v) is 5.43. The van der Waals surface area contributed by atoms with Crippen molar-refractivity contribution < 1.29 is 9.59 Å². The maximum Gasteiger partial charge on any atom is 0.250 e. The zero-order valence-corrected chi connectivity index (χ0v) is 14.2. The third-order valence-electron chi connectivity index (χ3n) is 6.55. The van der Waals surface area contributed by atoms with Gasteiger partial charge in [0.25, 0.3) is 5.91 Å². The zero-order valence-electron chi connectivity index (χ0n) is 14.2. The molecule has 2 heterocycles. The minimum absolute atomic E-state index is 0.0542. The molecule has 2 aromatic rings. The summed E-state index contributed by atoms with van der Waals surface area (Å²) in [5, 5.41) is 3.04. The number of fused-ring (bicyclic) bond motifs is 4. The molecule has 1 saturated heterocycles. The first kappa shape index (κ1) is 14.8. The van der Waals surface area contributed by atoms with Crippen LogP contribution < -0.4 is 5.32 Å². The van der Waals surface area contributed by atoms with E-state index >= 15 is 0 Å². The molecule has 0 bridgehead atoms. The van der Waals surface area contributed by atoms with Crippen molar-refractivity contribution in [2.24, 2.45) is 5.41 Å². The standard InChI is InChI=1S/C21H20N2O2/c1-23-13-12-20(11-10-14-6-2-3-7-15(14)18(20)24)21(23)16-8-4-5-9-17(16)22-19(21)25/h2-9H,10-13H2,1H3,(H,22,25). The van der Waals surface area contributed by atoms with Gasteiger partial charge >= 0.3 is 0 Å². The number of carbonyl (C=O) groups is 2. The number of para-hydroxylation sites is 1. The number of benzene rings is 2. The summed E-state index contributed by atoms with van der Waals surface area (Å²) in [6.07, 6.45) is 2.28. The number of hydrogen-bond acceptors (Lipinski definition) is 3. The van der Waals surface area contributed by atoms with E-state index in [1.54, 1.807) is 0 Å². The molecule has 1 amide bonds. The first-order chi connectivity index (χ1) is 12.1. The highest BCUT2D eigenvalue weighted by molar-refractivity contribution is 6.14. The number of likely N-dealkylation sites (N-methyl/N-ethyl adjacent to an activating group) is 1. The Morgan fingerprint density at radius 2 is 1.76 bits per heavy atom. The second-order valence-corrected chi connectivity index (χ2v) is 7.45. The Bertz CT molecular complexity index is 922. The molecule has 0 radical (unpaired) electrons. The predicted molar refractivity (Wildman–Crippen MR) is 95.5 cm³/mol. The third kappa shape index (κ3) is 1.56. The van der Waals surface area contributed by atoms with Crippen LogP contribution in [0.5, 0.6) is 0 Å². The highest BCUT2D eigenvalue weighted by Gasteiger charge is 2.69. The fraction of sp³-hybridized carbons (Fsp3) is 0.333. The van der Waals surface area contributed by atoms with Crippen LogP contribution in [-0.2, 0) is 16.8 Å². The van der Waals surface area contributed by atoms with E-state index in [-0.39, 0.29) is 11.7 Å². The van der Waals surface area contributed by atoms with Gasteiger partial charge in [-0.2, -0.15) is 0 Å². The van der Waals surface area contributed by atoms with Crippen LogP contribution in [0.1, 0.15) is 34.3 Å². The number of nitrogens with one attached hydrogen (secondary N) is 1. The summed E-state index contributed by atoms with van der Waals surface area (Å²) in [7, 11) is 1.98. The molecule has 4 heteroatoms. The van der Waals surface area contributed by atoms with Crippen molar-refractivity contribution in [1.29, 1.82) is 0 Å². The van der Waals surface area contributed by atoms with E-state index in [0.717, 1.165) is 48.2 Å². The number of amides is 1. The Balaban J connectivity index is 1.78. The molecule has 2 aliphatic heterocycles. The van der Waals surface area contributed by atoms with Crippen LogP contribution in [0.25, 0.3) is 0 Å². The molecule has 126 valence electrons. The molecule has 5 rings (SSSR count). The number of ketones is 1. The Labute approximate surface area is 146 Å². The zero-order chi connectivity index (χ0) is 17.2. The van der Waals surface area contributed by atoms with Gasteiger partial charge in [0, 0.05) is 23.4 Å². The number of carbonyl (C=O) groups excluding carboxylic acids is 2. The number of hydrogen-bond donors (Lipinski definition) is 1. The van der Waals surface area contributed by atoms with Crippen LogP contribution in [-0.4, -0.2) is 30.2 Å². The van der Waals surface area contributed by atoms with Crippen molar-refractivity contribution in [1.82, 2.24) is 4.90 Å². The highest BCUT2D eigenvalue weighted by atomic mass is 16.2. The number of anilines is 1. The summed E-state index contributed by atoms with van der Waals surface area (Å²) in [5.74, 6) is 0.0759. The summed E-state index contributed by atoms with van der Waals surface area (Å²) < 4.78 is 0. The van der Waals surface area contributed by atoms with E-state index < -0.39 is 11.0 Å². The van der Waals surface area contributed by atoms with Crippen LogP contribution in [0.15, 0.2) is 48.5 Å². The summed E-state index contributed by atoms with van der Waals surface area (Å²) in [6, 6.07) is 15.7. The quantitative estimate of drug-likeness (QED) is 0.807. The molecule has 4 nitrogen and oxygen atoms in total. The van der Waals surface area contributed by atoms with Gasteiger partial charge in [-0.25, -0.2) is 0 Å². The van der Waals surface area contributed by atoms with E-state index in [0.29, 0.717) is 0 Å². The molecule has 1 fully saturated rings. The van der Waals surface area contributed by atoms with Crippen LogP contribution in [0.2, 0.25) is 0 Å². The average molecular weight is 332 g/mol. The SMILES string of the molecule is CN1CCC2(CCc3ccccc3C2=O)C12C(=O)Nc1ccccc12. The van der Waals surface area contributed by atoms with Gasteiger partial charge in [-0.3, -0.25) is 14.5 Å². The van der Waals surface area contributed by atoms with Crippen molar-refractivity contribution >= 4 is 17.4 Å². The lowest BCUT2D eigenvalue weighted by Crippen LogP contribution is -2.58. The van der Waals surface area contributed by atoms with Gasteiger partial charge in [-0.05, 0) is 37.9 Å². The topological polar surface area (TPSA) is 49.4 Å². The molecule has 1 N–H and O–H groups in total. The van der Waals surface area contributed by atoms with Gasteiger partial charge in [0.2, 0.25) is 0 Å². The molecule has 2 atom stereocenters. The van der Waals surface area contributed by atoms with Gasteiger partial charge in [-0.1, -0.05) is 42.5 Å². The van der Waals surface area contributed by atoms with E-state index in [4.69, 9.17) is 0 Å². The van der Waals surface area contributed by atoms with E-state index in [2.05, 4.69) is 10.2 Å². The maximum absolute atomic E-state index is 13.7. The van der Waals surface area contributed by atoms with Crippen molar-refractivity contribution in [2.75, 3.05) is 18.9 Å². The molecule has 2 spiro atoms. The van der Waals surface area contributed by atoms with E-state index in [1.807, 2.05) is 55.6 Å². The van der Waals surface area contributed by atoms with Crippen molar-refractivity contribution in [3.05, 3.63) is 65.2 Å². The molecule has 0 aromatic heterocycles. The number of likely N-dealkylation sites (tertiary alicyclic amines) is 1. The van der Waals surface area contributed by atoms with Gasteiger partial charge in [0.1, 0.15) is 5.54 Å². The van der Waals surface area contributed by atoms with Gasteiger partial charge in [-0.15, -0.1) is 0 Å². The fourth-order valence-electron chi connectivity index (χ4n) is 5.43. The summed E-state index contributed by atoms with van der Waals surface area (Å²) in [5.41, 5.74) is 2.11. The van der Waals surface area contributed by atoms with Gasteiger partial charge in [0.05, 0.1) is 5.41 Å². The molecule has 25 heavy (non-hydrogen) atoms. The number of aryl methyl sites for hydroxylation is 1. The van der Waals surface area contributed by atoms with Gasteiger partial charge < -0.3 is 5.32 Å². The second kappa shape index (κ2) is 4.79. The van der Waals surface area contributed by atoms with Gasteiger partial charge in [0.15, 0.2) is 5.78 Å². The van der Waals surface area contributed by atoms with Crippen LogP contribution in [0.4, 0.5) is 5.69 Å².